The van der Waals surface area contributed by atoms with E-state index < -0.39 is 0 Å². The average molecular weight is 198 g/mol. The number of nitrogens with zero attached hydrogens (tertiary/aromatic N) is 1. The summed E-state index contributed by atoms with van der Waals surface area (Å²) in [5.41, 5.74) is 0.0357. The molecule has 1 N–H and O–H groups in total. The maximum absolute atomic E-state index is 5.99. The van der Waals surface area contributed by atoms with Gasteiger partial charge in [-0.3, -0.25) is 5.32 Å². The quantitative estimate of drug-likeness (QED) is 0.681. The zero-order valence-electron chi connectivity index (χ0n) is 9.55. The zero-order valence-corrected chi connectivity index (χ0v) is 9.55. The first-order chi connectivity index (χ1) is 6.57. The number of piperidine rings is 1. The lowest BCUT2D eigenvalue weighted by atomic mass is 9.95. The van der Waals surface area contributed by atoms with Crippen molar-refractivity contribution >= 4 is 0 Å². The third-order valence-corrected chi connectivity index (χ3v) is 3.37. The number of hydrogen-bond acceptors (Lipinski definition) is 3. The van der Waals surface area contributed by atoms with Gasteiger partial charge in [-0.05, 0) is 46.8 Å². The van der Waals surface area contributed by atoms with Crippen molar-refractivity contribution in [2.75, 3.05) is 26.7 Å². The van der Waals surface area contributed by atoms with Crippen LogP contribution >= 0.6 is 0 Å². The monoisotopic (exact) mass is 198 g/mol. The summed E-state index contributed by atoms with van der Waals surface area (Å²) in [7, 11) is 2.20. The summed E-state index contributed by atoms with van der Waals surface area (Å²) in [4.78, 5) is 2.40. The van der Waals surface area contributed by atoms with Crippen molar-refractivity contribution in [1.29, 1.82) is 0 Å². The largest absolute Gasteiger partial charge is 0.356 e. The normalized spacial score (nSPS) is 34.9. The number of hydrogen-bond donors (Lipinski definition) is 1. The Hall–Kier alpha value is -0.120. The second-order valence-corrected chi connectivity index (χ2v) is 5.32. The first-order valence-corrected chi connectivity index (χ1v) is 5.67. The minimum atomic E-state index is 0.0357. The molecule has 0 aromatic heterocycles. The number of likely N-dealkylation sites (tertiary alicyclic amines) is 1. The predicted molar refractivity (Wildman–Crippen MR) is 57.2 cm³/mol. The maximum atomic E-state index is 5.99. The summed E-state index contributed by atoms with van der Waals surface area (Å²) in [5.74, 6) is 0.716. The van der Waals surface area contributed by atoms with E-state index in [1.165, 1.54) is 25.9 Å². The Morgan fingerprint density at radius 2 is 1.93 bits per heavy atom. The van der Waals surface area contributed by atoms with Crippen LogP contribution in [0.4, 0.5) is 0 Å². The van der Waals surface area contributed by atoms with Crippen LogP contribution in [0.3, 0.4) is 0 Å². The van der Waals surface area contributed by atoms with Crippen molar-refractivity contribution in [1.82, 2.24) is 10.2 Å². The molecule has 1 unspecified atom stereocenters. The molecule has 2 aliphatic rings. The van der Waals surface area contributed by atoms with Crippen molar-refractivity contribution in [2.45, 2.75) is 38.5 Å². The highest BCUT2D eigenvalue weighted by atomic mass is 16.5. The number of rotatable bonds is 1. The molecule has 0 aliphatic carbocycles. The summed E-state index contributed by atoms with van der Waals surface area (Å²) in [6, 6.07) is 0. The second-order valence-electron chi connectivity index (χ2n) is 5.32. The van der Waals surface area contributed by atoms with Crippen LogP contribution in [0.5, 0.6) is 0 Å². The molecule has 82 valence electrons. The van der Waals surface area contributed by atoms with Crippen LogP contribution in [-0.2, 0) is 4.74 Å². The molecule has 0 aromatic rings. The first-order valence-electron chi connectivity index (χ1n) is 5.67. The van der Waals surface area contributed by atoms with E-state index in [2.05, 4.69) is 31.1 Å². The fourth-order valence-electron chi connectivity index (χ4n) is 2.37. The molecule has 0 aromatic carbocycles. The van der Waals surface area contributed by atoms with Gasteiger partial charge in [-0.25, -0.2) is 0 Å². The Kier molecular flexibility index (Phi) is 2.82. The van der Waals surface area contributed by atoms with Gasteiger partial charge in [0, 0.05) is 12.5 Å². The van der Waals surface area contributed by atoms with Crippen molar-refractivity contribution in [3.63, 3.8) is 0 Å². The highest BCUT2D eigenvalue weighted by Gasteiger charge is 2.36. The predicted octanol–water partition coefficient (Wildman–Crippen LogP) is 1.05. The second kappa shape index (κ2) is 3.80. The van der Waals surface area contributed by atoms with Crippen molar-refractivity contribution in [2.24, 2.45) is 5.92 Å². The standard InChI is InChI=1S/C11H22N2O/c1-11(2)8-12-10(14-11)9-4-6-13(3)7-5-9/h9-10,12H,4-8H2,1-3H3. The van der Waals surface area contributed by atoms with E-state index in [-0.39, 0.29) is 5.60 Å². The van der Waals surface area contributed by atoms with Crippen molar-refractivity contribution in [3.05, 3.63) is 0 Å². The van der Waals surface area contributed by atoms with Crippen molar-refractivity contribution in [3.8, 4) is 0 Å². The fourth-order valence-corrected chi connectivity index (χ4v) is 2.37. The van der Waals surface area contributed by atoms with Crippen LogP contribution in [0.25, 0.3) is 0 Å². The van der Waals surface area contributed by atoms with Gasteiger partial charge in [-0.15, -0.1) is 0 Å². The SMILES string of the molecule is CN1CCC(C2NCC(C)(C)O2)CC1. The highest BCUT2D eigenvalue weighted by Crippen LogP contribution is 2.27. The summed E-state index contributed by atoms with van der Waals surface area (Å²) in [6.45, 7) is 7.74. The molecule has 2 aliphatic heterocycles. The molecule has 3 heteroatoms. The molecule has 2 saturated heterocycles. The van der Waals surface area contributed by atoms with Crippen LogP contribution < -0.4 is 5.32 Å². The fraction of sp³-hybridized carbons (Fsp3) is 1.00. The van der Waals surface area contributed by atoms with Gasteiger partial charge in [0.15, 0.2) is 0 Å². The molecule has 0 amide bonds. The molecular weight excluding hydrogens is 176 g/mol. The number of ether oxygens (including phenoxy) is 1. The topological polar surface area (TPSA) is 24.5 Å². The summed E-state index contributed by atoms with van der Waals surface area (Å²) < 4.78 is 5.99. The minimum Gasteiger partial charge on any atom is -0.356 e. The van der Waals surface area contributed by atoms with Gasteiger partial charge in [0.2, 0.25) is 0 Å². The van der Waals surface area contributed by atoms with Crippen LogP contribution in [0, 0.1) is 5.92 Å². The van der Waals surface area contributed by atoms with Gasteiger partial charge in [-0.2, -0.15) is 0 Å². The molecule has 2 fully saturated rings. The summed E-state index contributed by atoms with van der Waals surface area (Å²) >= 11 is 0. The van der Waals surface area contributed by atoms with E-state index in [0.29, 0.717) is 12.1 Å². The maximum Gasteiger partial charge on any atom is 0.111 e. The third kappa shape index (κ3) is 2.27. The Morgan fingerprint density at radius 3 is 2.43 bits per heavy atom. The van der Waals surface area contributed by atoms with E-state index in [4.69, 9.17) is 4.74 Å². The molecule has 1 atom stereocenters. The minimum absolute atomic E-state index is 0.0357. The number of nitrogens with one attached hydrogen (secondary N) is 1. The van der Waals surface area contributed by atoms with Gasteiger partial charge >= 0.3 is 0 Å². The molecule has 2 heterocycles. The zero-order chi connectivity index (χ0) is 10.2. The molecule has 2 rings (SSSR count). The Bertz CT molecular complexity index is 197. The molecule has 0 bridgehead atoms. The van der Waals surface area contributed by atoms with Gasteiger partial charge in [0.05, 0.1) is 5.60 Å². The van der Waals surface area contributed by atoms with Gasteiger partial charge in [-0.1, -0.05) is 0 Å². The highest BCUT2D eigenvalue weighted by molar-refractivity contribution is 4.86. The Morgan fingerprint density at radius 1 is 1.29 bits per heavy atom. The molecule has 0 saturated carbocycles. The Balaban J connectivity index is 1.85. The van der Waals surface area contributed by atoms with Crippen molar-refractivity contribution < 1.29 is 4.74 Å². The lowest BCUT2D eigenvalue weighted by Gasteiger charge is -2.32. The molecule has 3 nitrogen and oxygen atoms in total. The van der Waals surface area contributed by atoms with Crippen LogP contribution in [0.15, 0.2) is 0 Å². The van der Waals surface area contributed by atoms with E-state index in [0.717, 1.165) is 6.54 Å². The smallest absolute Gasteiger partial charge is 0.111 e. The summed E-state index contributed by atoms with van der Waals surface area (Å²) in [6.07, 6.45) is 2.84. The van der Waals surface area contributed by atoms with Crippen LogP contribution in [0.1, 0.15) is 26.7 Å². The van der Waals surface area contributed by atoms with Crippen LogP contribution in [0.2, 0.25) is 0 Å². The van der Waals surface area contributed by atoms with Crippen LogP contribution in [-0.4, -0.2) is 43.4 Å². The van der Waals surface area contributed by atoms with E-state index >= 15 is 0 Å². The lowest BCUT2D eigenvalue weighted by molar-refractivity contribution is -0.0530. The molecule has 0 spiro atoms. The van der Waals surface area contributed by atoms with E-state index in [1.807, 2.05) is 0 Å². The first kappa shape index (κ1) is 10.4. The summed E-state index contributed by atoms with van der Waals surface area (Å²) in [5, 5.41) is 3.49. The molecule has 14 heavy (non-hydrogen) atoms. The third-order valence-electron chi connectivity index (χ3n) is 3.37. The van der Waals surface area contributed by atoms with Gasteiger partial charge in [0.1, 0.15) is 6.23 Å². The van der Waals surface area contributed by atoms with E-state index in [1.54, 1.807) is 0 Å². The van der Waals surface area contributed by atoms with Gasteiger partial charge < -0.3 is 9.64 Å². The molecule has 0 radical (unpaired) electrons. The average Bonchev–Trinajstić information content (AvgIpc) is 2.47. The molecular formula is C11H22N2O. The Labute approximate surface area is 86.8 Å². The lowest BCUT2D eigenvalue weighted by Crippen LogP contribution is -2.40. The van der Waals surface area contributed by atoms with E-state index in [9.17, 15) is 0 Å². The van der Waals surface area contributed by atoms with Gasteiger partial charge in [0.25, 0.3) is 0 Å².